The molecule has 21 heavy (non-hydrogen) atoms. The van der Waals surface area contributed by atoms with Crippen LogP contribution in [-0.4, -0.2) is 40.4 Å². The number of rotatable bonds is 4. The summed E-state index contributed by atoms with van der Waals surface area (Å²) in [5, 5.41) is 2.97. The van der Waals surface area contributed by atoms with Crippen LogP contribution in [-0.2, 0) is 23.1 Å². The molecule has 0 unspecified atom stereocenters. The van der Waals surface area contributed by atoms with Gasteiger partial charge in [-0.1, -0.05) is 20.8 Å². The standard InChI is InChI=1S/C16H25N3O2/c1-16(2,3)11-19-10-13(8-15(19)21)17-14(20)7-12-5-6-18(4)9-12/h5-6,9,13H,7-8,10-11H2,1-4H3,(H,17,20)/t13-/m1/s1. The average molecular weight is 291 g/mol. The molecule has 5 nitrogen and oxygen atoms in total. The van der Waals surface area contributed by atoms with E-state index in [1.54, 1.807) is 0 Å². The summed E-state index contributed by atoms with van der Waals surface area (Å²) in [6.45, 7) is 7.69. The van der Waals surface area contributed by atoms with E-state index in [0.717, 1.165) is 12.1 Å². The van der Waals surface area contributed by atoms with Gasteiger partial charge in [-0.25, -0.2) is 0 Å². The summed E-state index contributed by atoms with van der Waals surface area (Å²) < 4.78 is 1.92. The third-order valence-electron chi connectivity index (χ3n) is 3.50. The van der Waals surface area contributed by atoms with E-state index in [1.165, 1.54) is 0 Å². The molecule has 116 valence electrons. The largest absolute Gasteiger partial charge is 0.357 e. The number of likely N-dealkylation sites (tertiary alicyclic amines) is 1. The Labute approximate surface area is 126 Å². The molecule has 1 aliphatic rings. The minimum absolute atomic E-state index is 0.0170. The highest BCUT2D eigenvalue weighted by atomic mass is 16.2. The Kier molecular flexibility index (Phi) is 4.40. The second-order valence-corrected chi connectivity index (χ2v) is 7.17. The first-order chi connectivity index (χ1) is 9.73. The lowest BCUT2D eigenvalue weighted by Crippen LogP contribution is -2.39. The molecule has 0 aromatic carbocycles. The van der Waals surface area contributed by atoms with Crippen LogP contribution in [0.4, 0.5) is 0 Å². The van der Waals surface area contributed by atoms with Gasteiger partial charge in [-0.15, -0.1) is 0 Å². The molecular formula is C16H25N3O2. The molecule has 1 fully saturated rings. The molecule has 1 N–H and O–H groups in total. The minimum atomic E-state index is -0.0592. The lowest BCUT2D eigenvalue weighted by atomic mass is 9.96. The van der Waals surface area contributed by atoms with Gasteiger partial charge in [0.1, 0.15) is 0 Å². The first-order valence-electron chi connectivity index (χ1n) is 7.41. The van der Waals surface area contributed by atoms with Crippen molar-refractivity contribution in [3.8, 4) is 0 Å². The average Bonchev–Trinajstić information content (AvgIpc) is 2.84. The first-order valence-corrected chi connectivity index (χ1v) is 7.41. The zero-order valence-corrected chi connectivity index (χ0v) is 13.3. The van der Waals surface area contributed by atoms with Gasteiger partial charge in [0.15, 0.2) is 0 Å². The second-order valence-electron chi connectivity index (χ2n) is 7.17. The van der Waals surface area contributed by atoms with Crippen molar-refractivity contribution in [1.82, 2.24) is 14.8 Å². The molecule has 2 heterocycles. The van der Waals surface area contributed by atoms with Gasteiger partial charge in [-0.05, 0) is 17.0 Å². The summed E-state index contributed by atoms with van der Waals surface area (Å²) >= 11 is 0. The van der Waals surface area contributed by atoms with Crippen molar-refractivity contribution < 1.29 is 9.59 Å². The quantitative estimate of drug-likeness (QED) is 0.910. The van der Waals surface area contributed by atoms with Crippen LogP contribution < -0.4 is 5.32 Å². The van der Waals surface area contributed by atoms with Gasteiger partial charge in [-0.3, -0.25) is 9.59 Å². The van der Waals surface area contributed by atoms with Gasteiger partial charge in [0.2, 0.25) is 11.8 Å². The van der Waals surface area contributed by atoms with Gasteiger partial charge >= 0.3 is 0 Å². The molecule has 1 aromatic rings. The SMILES string of the molecule is Cn1ccc(CC(=O)N[C@@H]2CC(=O)N(CC(C)(C)C)C2)c1. The van der Waals surface area contributed by atoms with Crippen LogP contribution in [0.3, 0.4) is 0 Å². The van der Waals surface area contributed by atoms with Gasteiger partial charge in [0, 0.05) is 39.0 Å². The number of aryl methyl sites for hydroxylation is 1. The Morgan fingerprint density at radius 2 is 2.14 bits per heavy atom. The maximum atomic E-state index is 12.0. The van der Waals surface area contributed by atoms with Crippen molar-refractivity contribution in [1.29, 1.82) is 0 Å². The van der Waals surface area contributed by atoms with Crippen LogP contribution in [0, 0.1) is 5.41 Å². The molecule has 2 amide bonds. The van der Waals surface area contributed by atoms with Gasteiger partial charge < -0.3 is 14.8 Å². The van der Waals surface area contributed by atoms with Gasteiger partial charge in [0.05, 0.1) is 12.5 Å². The van der Waals surface area contributed by atoms with Crippen molar-refractivity contribution >= 4 is 11.8 Å². The van der Waals surface area contributed by atoms with Gasteiger partial charge in [-0.2, -0.15) is 0 Å². The molecule has 1 saturated heterocycles. The van der Waals surface area contributed by atoms with Crippen LogP contribution in [0.25, 0.3) is 0 Å². The third-order valence-corrected chi connectivity index (χ3v) is 3.50. The van der Waals surface area contributed by atoms with Crippen molar-refractivity contribution in [3.63, 3.8) is 0 Å². The molecule has 0 radical (unpaired) electrons. The Hall–Kier alpha value is -1.78. The minimum Gasteiger partial charge on any atom is -0.357 e. The van der Waals surface area contributed by atoms with Crippen LogP contribution in [0.2, 0.25) is 0 Å². The molecule has 0 spiro atoms. The maximum absolute atomic E-state index is 12.0. The number of amides is 2. The molecule has 0 bridgehead atoms. The van der Waals surface area contributed by atoms with Crippen molar-refractivity contribution in [2.24, 2.45) is 12.5 Å². The number of nitrogens with one attached hydrogen (secondary N) is 1. The Morgan fingerprint density at radius 1 is 1.43 bits per heavy atom. The van der Waals surface area contributed by atoms with Crippen molar-refractivity contribution in [2.75, 3.05) is 13.1 Å². The van der Waals surface area contributed by atoms with Crippen LogP contribution in [0.1, 0.15) is 32.8 Å². The molecule has 1 atom stereocenters. The molecule has 0 aliphatic carbocycles. The van der Waals surface area contributed by atoms with E-state index >= 15 is 0 Å². The summed E-state index contributed by atoms with van der Waals surface area (Å²) in [5.41, 5.74) is 1.07. The van der Waals surface area contributed by atoms with Crippen molar-refractivity contribution in [2.45, 2.75) is 39.7 Å². The number of nitrogens with zero attached hydrogens (tertiary/aromatic N) is 2. The molecule has 0 saturated carbocycles. The molecule has 1 aliphatic heterocycles. The summed E-state index contributed by atoms with van der Waals surface area (Å²) in [5.74, 6) is 0.117. The monoisotopic (exact) mass is 291 g/mol. The summed E-state index contributed by atoms with van der Waals surface area (Å²) in [6.07, 6.45) is 4.64. The lowest BCUT2D eigenvalue weighted by Gasteiger charge is -2.26. The highest BCUT2D eigenvalue weighted by Gasteiger charge is 2.32. The van der Waals surface area contributed by atoms with Crippen LogP contribution >= 0.6 is 0 Å². The Morgan fingerprint density at radius 3 is 2.71 bits per heavy atom. The second kappa shape index (κ2) is 5.92. The van der Waals surface area contributed by atoms with E-state index in [0.29, 0.717) is 19.4 Å². The van der Waals surface area contributed by atoms with Crippen LogP contribution in [0.15, 0.2) is 18.5 Å². The molecule has 5 heteroatoms. The number of aromatic nitrogens is 1. The number of hydrogen-bond acceptors (Lipinski definition) is 2. The smallest absolute Gasteiger partial charge is 0.224 e. The van der Waals surface area contributed by atoms with E-state index in [1.807, 2.05) is 35.0 Å². The van der Waals surface area contributed by atoms with E-state index in [4.69, 9.17) is 0 Å². The maximum Gasteiger partial charge on any atom is 0.224 e. The topological polar surface area (TPSA) is 54.3 Å². The summed E-state index contributed by atoms with van der Waals surface area (Å²) in [7, 11) is 1.93. The highest BCUT2D eigenvalue weighted by Crippen LogP contribution is 2.20. The zero-order valence-electron chi connectivity index (χ0n) is 13.3. The predicted molar refractivity (Wildman–Crippen MR) is 81.7 cm³/mol. The fraction of sp³-hybridized carbons (Fsp3) is 0.625. The third kappa shape index (κ3) is 4.62. The zero-order chi connectivity index (χ0) is 15.6. The van der Waals surface area contributed by atoms with Crippen LogP contribution in [0.5, 0.6) is 0 Å². The molecule has 1 aromatic heterocycles. The van der Waals surface area contributed by atoms with Gasteiger partial charge in [0.25, 0.3) is 0 Å². The molecule has 2 rings (SSSR count). The first kappa shape index (κ1) is 15.6. The summed E-state index contributed by atoms with van der Waals surface area (Å²) in [4.78, 5) is 25.9. The number of carbonyl (C=O) groups excluding carboxylic acids is 2. The van der Waals surface area contributed by atoms with E-state index in [-0.39, 0.29) is 23.3 Å². The normalized spacial score (nSPS) is 19.1. The number of hydrogen-bond donors (Lipinski definition) is 1. The van der Waals surface area contributed by atoms with Crippen molar-refractivity contribution in [3.05, 3.63) is 24.0 Å². The Bertz CT molecular complexity index is 528. The van der Waals surface area contributed by atoms with E-state index in [2.05, 4.69) is 26.1 Å². The summed E-state index contributed by atoms with van der Waals surface area (Å²) in [6, 6.07) is 1.88. The predicted octanol–water partition coefficient (Wildman–Crippen LogP) is 1.33. The highest BCUT2D eigenvalue weighted by molar-refractivity contribution is 5.83. The lowest BCUT2D eigenvalue weighted by molar-refractivity contribution is -0.128. The fourth-order valence-corrected chi connectivity index (χ4v) is 2.72. The van der Waals surface area contributed by atoms with E-state index in [9.17, 15) is 9.59 Å². The van der Waals surface area contributed by atoms with E-state index < -0.39 is 0 Å². The Balaban J connectivity index is 1.84. The number of carbonyl (C=O) groups is 2. The fourth-order valence-electron chi connectivity index (χ4n) is 2.72. The molecular weight excluding hydrogens is 266 g/mol.